The van der Waals surface area contributed by atoms with Crippen LogP contribution >= 0.6 is 0 Å². The molecule has 1 aromatic rings. The first-order valence-corrected chi connectivity index (χ1v) is 10.6. The molecule has 0 atom stereocenters. The number of aromatic nitrogens is 2. The fourth-order valence-electron chi connectivity index (χ4n) is 3.81. The van der Waals surface area contributed by atoms with Crippen molar-refractivity contribution in [1.29, 1.82) is 0 Å². The monoisotopic (exact) mass is 340 g/mol. The number of nitrogens with zero attached hydrogens (tertiary/aromatic N) is 4. The van der Waals surface area contributed by atoms with Crippen LogP contribution in [0, 0.1) is 0 Å². The van der Waals surface area contributed by atoms with Crippen molar-refractivity contribution in [2.24, 2.45) is 0 Å². The standard InChI is InChI=1S/C16H28N4O2S/c1-23(21,22)19-9-5-8-18(10-11-19)13-16-12-17-14-20(16)15-6-3-2-4-7-15/h12,14-15H,2-11,13H2,1H3. The molecule has 0 amide bonds. The van der Waals surface area contributed by atoms with Gasteiger partial charge in [-0.2, -0.15) is 0 Å². The van der Waals surface area contributed by atoms with Crippen molar-refractivity contribution in [3.8, 4) is 0 Å². The highest BCUT2D eigenvalue weighted by Crippen LogP contribution is 2.29. The van der Waals surface area contributed by atoms with E-state index >= 15 is 0 Å². The summed E-state index contributed by atoms with van der Waals surface area (Å²) in [6.45, 7) is 3.84. The van der Waals surface area contributed by atoms with Crippen molar-refractivity contribution in [3.05, 3.63) is 18.2 Å². The molecule has 1 saturated carbocycles. The molecule has 0 aromatic carbocycles. The van der Waals surface area contributed by atoms with Crippen molar-refractivity contribution in [2.75, 3.05) is 32.4 Å². The van der Waals surface area contributed by atoms with E-state index < -0.39 is 10.0 Å². The molecule has 7 heteroatoms. The molecule has 1 saturated heterocycles. The lowest BCUT2D eigenvalue weighted by Crippen LogP contribution is -2.34. The number of rotatable bonds is 4. The Kier molecular flexibility index (Phi) is 5.38. The topological polar surface area (TPSA) is 58.4 Å². The van der Waals surface area contributed by atoms with Gasteiger partial charge in [0.2, 0.25) is 10.0 Å². The third-order valence-electron chi connectivity index (χ3n) is 5.12. The Morgan fingerprint density at radius 1 is 1.09 bits per heavy atom. The molecular formula is C16H28N4O2S. The van der Waals surface area contributed by atoms with Crippen LogP contribution in [-0.2, 0) is 16.6 Å². The third kappa shape index (κ3) is 4.33. The van der Waals surface area contributed by atoms with Crippen molar-refractivity contribution < 1.29 is 8.42 Å². The van der Waals surface area contributed by atoms with E-state index in [1.807, 2.05) is 12.5 Å². The van der Waals surface area contributed by atoms with Gasteiger partial charge in [0.1, 0.15) is 0 Å². The second-order valence-electron chi connectivity index (χ2n) is 6.88. The predicted molar refractivity (Wildman–Crippen MR) is 90.7 cm³/mol. The minimum atomic E-state index is -3.07. The highest BCUT2D eigenvalue weighted by molar-refractivity contribution is 7.88. The van der Waals surface area contributed by atoms with Crippen molar-refractivity contribution in [1.82, 2.24) is 18.8 Å². The summed E-state index contributed by atoms with van der Waals surface area (Å²) >= 11 is 0. The molecule has 0 spiro atoms. The second-order valence-corrected chi connectivity index (χ2v) is 8.86. The molecule has 6 nitrogen and oxygen atoms in total. The lowest BCUT2D eigenvalue weighted by molar-refractivity contribution is 0.261. The van der Waals surface area contributed by atoms with E-state index in [4.69, 9.17) is 0 Å². The summed E-state index contributed by atoms with van der Waals surface area (Å²) in [6, 6.07) is 0.598. The fraction of sp³-hybridized carbons (Fsp3) is 0.812. The highest BCUT2D eigenvalue weighted by atomic mass is 32.2. The van der Waals surface area contributed by atoms with Crippen LogP contribution in [0.15, 0.2) is 12.5 Å². The van der Waals surface area contributed by atoms with Gasteiger partial charge < -0.3 is 4.57 Å². The second kappa shape index (κ2) is 7.32. The summed E-state index contributed by atoms with van der Waals surface area (Å²) in [4.78, 5) is 6.73. The van der Waals surface area contributed by atoms with Crippen LogP contribution in [0.5, 0.6) is 0 Å². The van der Waals surface area contributed by atoms with E-state index in [2.05, 4.69) is 14.5 Å². The smallest absolute Gasteiger partial charge is 0.211 e. The van der Waals surface area contributed by atoms with Gasteiger partial charge in [-0.15, -0.1) is 0 Å². The van der Waals surface area contributed by atoms with Crippen LogP contribution in [0.2, 0.25) is 0 Å². The fourth-order valence-corrected chi connectivity index (χ4v) is 4.68. The Hall–Kier alpha value is -0.920. The number of hydrogen-bond acceptors (Lipinski definition) is 4. The van der Waals surface area contributed by atoms with Gasteiger partial charge in [0, 0.05) is 38.4 Å². The Balaban J connectivity index is 1.63. The largest absolute Gasteiger partial charge is 0.330 e. The summed E-state index contributed by atoms with van der Waals surface area (Å²) in [5.74, 6) is 0. The molecule has 23 heavy (non-hydrogen) atoms. The molecule has 2 aliphatic rings. The van der Waals surface area contributed by atoms with Crippen molar-refractivity contribution in [3.63, 3.8) is 0 Å². The molecule has 3 rings (SSSR count). The van der Waals surface area contributed by atoms with E-state index in [0.717, 1.165) is 26.1 Å². The predicted octanol–water partition coefficient (Wildman–Crippen LogP) is 1.86. The normalized spacial score (nSPS) is 23.0. The van der Waals surface area contributed by atoms with Crippen LogP contribution < -0.4 is 0 Å². The molecular weight excluding hydrogens is 312 g/mol. The van der Waals surface area contributed by atoms with Gasteiger partial charge in [0.25, 0.3) is 0 Å². The van der Waals surface area contributed by atoms with E-state index in [9.17, 15) is 8.42 Å². The molecule has 0 radical (unpaired) electrons. The van der Waals surface area contributed by atoms with Crippen molar-refractivity contribution in [2.45, 2.75) is 51.1 Å². The molecule has 2 fully saturated rings. The molecule has 1 aliphatic carbocycles. The SMILES string of the molecule is CS(=O)(=O)N1CCCN(Cc2cncn2C2CCCCC2)CC1. The first kappa shape index (κ1) is 16.9. The van der Waals surface area contributed by atoms with Gasteiger partial charge in [0.05, 0.1) is 18.3 Å². The maximum atomic E-state index is 11.7. The average Bonchev–Trinajstić information content (AvgIpc) is 2.84. The van der Waals surface area contributed by atoms with Gasteiger partial charge in [-0.05, 0) is 25.8 Å². The minimum Gasteiger partial charge on any atom is -0.330 e. The van der Waals surface area contributed by atoms with E-state index in [1.54, 1.807) is 4.31 Å². The quantitative estimate of drug-likeness (QED) is 0.839. The third-order valence-corrected chi connectivity index (χ3v) is 6.42. The maximum absolute atomic E-state index is 11.7. The van der Waals surface area contributed by atoms with Crippen LogP contribution in [0.4, 0.5) is 0 Å². The van der Waals surface area contributed by atoms with E-state index in [1.165, 1.54) is 44.1 Å². The van der Waals surface area contributed by atoms with Gasteiger partial charge >= 0.3 is 0 Å². The molecule has 1 aliphatic heterocycles. The molecule has 1 aromatic heterocycles. The Bertz CT molecular complexity index is 607. The summed E-state index contributed by atoms with van der Waals surface area (Å²) in [5.41, 5.74) is 1.27. The number of hydrogen-bond donors (Lipinski definition) is 0. The van der Waals surface area contributed by atoms with Crippen LogP contribution in [0.25, 0.3) is 0 Å². The number of imidazole rings is 1. The van der Waals surface area contributed by atoms with Crippen molar-refractivity contribution >= 4 is 10.0 Å². The van der Waals surface area contributed by atoms with Gasteiger partial charge in [0.15, 0.2) is 0 Å². The first-order valence-electron chi connectivity index (χ1n) is 8.72. The maximum Gasteiger partial charge on any atom is 0.211 e. The average molecular weight is 340 g/mol. The molecule has 0 unspecified atom stereocenters. The summed E-state index contributed by atoms with van der Waals surface area (Å²) in [7, 11) is -3.07. The van der Waals surface area contributed by atoms with Gasteiger partial charge in [-0.1, -0.05) is 19.3 Å². The first-order chi connectivity index (χ1) is 11.0. The Labute approximate surface area is 139 Å². The summed E-state index contributed by atoms with van der Waals surface area (Å²) in [6.07, 6.45) is 12.7. The summed E-state index contributed by atoms with van der Waals surface area (Å²) < 4.78 is 27.4. The van der Waals surface area contributed by atoms with E-state index in [-0.39, 0.29) is 0 Å². The molecule has 0 bridgehead atoms. The van der Waals surface area contributed by atoms with Crippen LogP contribution in [-0.4, -0.2) is 59.6 Å². The zero-order chi connectivity index (χ0) is 16.3. The zero-order valence-corrected chi connectivity index (χ0v) is 14.8. The Morgan fingerprint density at radius 3 is 2.61 bits per heavy atom. The minimum absolute atomic E-state index is 0.594. The zero-order valence-electron chi connectivity index (χ0n) is 14.0. The van der Waals surface area contributed by atoms with Crippen LogP contribution in [0.3, 0.4) is 0 Å². The van der Waals surface area contributed by atoms with Gasteiger partial charge in [-0.3, -0.25) is 4.90 Å². The molecule has 2 heterocycles. The van der Waals surface area contributed by atoms with Crippen LogP contribution in [0.1, 0.15) is 50.3 Å². The number of sulfonamides is 1. The lowest BCUT2D eigenvalue weighted by atomic mass is 9.95. The van der Waals surface area contributed by atoms with E-state index in [0.29, 0.717) is 19.1 Å². The molecule has 0 N–H and O–H groups in total. The highest BCUT2D eigenvalue weighted by Gasteiger charge is 2.23. The Morgan fingerprint density at radius 2 is 1.87 bits per heavy atom. The van der Waals surface area contributed by atoms with Gasteiger partial charge in [-0.25, -0.2) is 17.7 Å². The molecule has 130 valence electrons. The lowest BCUT2D eigenvalue weighted by Gasteiger charge is -2.27. The summed E-state index contributed by atoms with van der Waals surface area (Å²) in [5, 5.41) is 0.